The average molecular weight is 447 g/mol. The number of methoxy groups -OCH3 is 1. The van der Waals surface area contributed by atoms with Crippen molar-refractivity contribution in [2.45, 2.75) is 26.3 Å². The van der Waals surface area contributed by atoms with Gasteiger partial charge >= 0.3 is 0 Å². The number of rotatable bonds is 8. The predicted octanol–water partition coefficient (Wildman–Crippen LogP) is 5.03. The quantitative estimate of drug-likeness (QED) is 0.487. The van der Waals surface area contributed by atoms with E-state index in [1.807, 2.05) is 38.1 Å². The third kappa shape index (κ3) is 3.98. The van der Waals surface area contributed by atoms with Gasteiger partial charge in [0.05, 0.1) is 31.6 Å². The number of amides is 1. The van der Waals surface area contributed by atoms with Gasteiger partial charge in [0.25, 0.3) is 5.91 Å². The first-order valence-electron chi connectivity index (χ1n) is 10.7. The lowest BCUT2D eigenvalue weighted by Gasteiger charge is -2.27. The molecule has 1 aromatic heterocycles. The van der Waals surface area contributed by atoms with Gasteiger partial charge in [-0.05, 0) is 60.9 Å². The van der Waals surface area contributed by atoms with Crippen molar-refractivity contribution >= 4 is 17.4 Å². The van der Waals surface area contributed by atoms with Crippen molar-refractivity contribution in [1.82, 2.24) is 0 Å². The number of nitrogens with zero attached hydrogens (tertiary/aromatic N) is 1. The van der Waals surface area contributed by atoms with Crippen LogP contribution in [-0.4, -0.2) is 30.5 Å². The topological polar surface area (TPSA) is 89.2 Å². The van der Waals surface area contributed by atoms with Gasteiger partial charge in [0.15, 0.2) is 23.0 Å². The van der Waals surface area contributed by atoms with Gasteiger partial charge in [-0.1, -0.05) is 25.1 Å². The second-order valence-electron chi connectivity index (χ2n) is 7.51. The largest absolute Gasteiger partial charge is 0.503 e. The van der Waals surface area contributed by atoms with Crippen LogP contribution in [0.5, 0.6) is 11.5 Å². The van der Waals surface area contributed by atoms with Gasteiger partial charge in [-0.25, -0.2) is 0 Å². The lowest BCUT2D eigenvalue weighted by molar-refractivity contribution is -0.117. The van der Waals surface area contributed by atoms with Gasteiger partial charge in [-0.15, -0.1) is 0 Å². The molecule has 0 saturated carbocycles. The molecular formula is C26H25NO6. The van der Waals surface area contributed by atoms with E-state index in [0.29, 0.717) is 29.4 Å². The number of aliphatic hydroxyl groups is 1. The molecule has 0 spiro atoms. The highest BCUT2D eigenvalue weighted by Crippen LogP contribution is 2.44. The zero-order valence-electron chi connectivity index (χ0n) is 18.7. The average Bonchev–Trinajstić information content (AvgIpc) is 3.46. The first-order chi connectivity index (χ1) is 16.0. The Morgan fingerprint density at radius 2 is 1.85 bits per heavy atom. The van der Waals surface area contributed by atoms with Crippen LogP contribution < -0.4 is 14.4 Å². The van der Waals surface area contributed by atoms with E-state index in [1.54, 1.807) is 24.3 Å². The molecular weight excluding hydrogens is 422 g/mol. The summed E-state index contributed by atoms with van der Waals surface area (Å²) in [5.41, 5.74) is 2.20. The fraction of sp³-hybridized carbons (Fsp3) is 0.231. The third-order valence-electron chi connectivity index (χ3n) is 5.62. The molecule has 0 saturated heterocycles. The molecule has 1 atom stereocenters. The van der Waals surface area contributed by atoms with Crippen LogP contribution in [-0.2, 0) is 11.2 Å². The van der Waals surface area contributed by atoms with Crippen LogP contribution >= 0.6 is 0 Å². The Morgan fingerprint density at radius 1 is 1.09 bits per heavy atom. The highest BCUT2D eigenvalue weighted by atomic mass is 16.5. The Labute approximate surface area is 191 Å². The van der Waals surface area contributed by atoms with Crippen LogP contribution in [0.2, 0.25) is 0 Å². The fourth-order valence-electron chi connectivity index (χ4n) is 3.98. The molecule has 2 heterocycles. The maximum atomic E-state index is 13.3. The number of carbonyl (C=O) groups is 2. The van der Waals surface area contributed by atoms with Crippen LogP contribution in [0.1, 0.15) is 41.6 Å². The summed E-state index contributed by atoms with van der Waals surface area (Å²) in [6, 6.07) is 14.9. The van der Waals surface area contributed by atoms with Crippen molar-refractivity contribution in [3.63, 3.8) is 0 Å². The second kappa shape index (κ2) is 9.24. The van der Waals surface area contributed by atoms with E-state index in [1.165, 1.54) is 24.3 Å². The summed E-state index contributed by atoms with van der Waals surface area (Å²) in [7, 11) is 1.54. The number of ketones is 1. The van der Waals surface area contributed by atoms with Gasteiger partial charge in [-0.2, -0.15) is 0 Å². The first-order valence-corrected chi connectivity index (χ1v) is 10.7. The van der Waals surface area contributed by atoms with Crippen LogP contribution in [0, 0.1) is 0 Å². The molecule has 1 aliphatic heterocycles. The summed E-state index contributed by atoms with van der Waals surface area (Å²) in [6.07, 6.45) is 2.22. The first kappa shape index (κ1) is 22.2. The predicted molar refractivity (Wildman–Crippen MR) is 123 cm³/mol. The SMILES string of the molecule is CCOc1cc(C2C(C(=O)c3ccco3)=C(O)C(=O)N2c2ccc(CC)cc2)ccc1OC. The lowest BCUT2D eigenvalue weighted by atomic mass is 9.94. The lowest BCUT2D eigenvalue weighted by Crippen LogP contribution is -2.31. The number of anilines is 1. The number of ether oxygens (including phenoxy) is 2. The molecule has 1 amide bonds. The van der Waals surface area contributed by atoms with Crippen molar-refractivity contribution in [3.8, 4) is 11.5 Å². The molecule has 2 aromatic carbocycles. The Hall–Kier alpha value is -4.00. The monoisotopic (exact) mass is 447 g/mol. The summed E-state index contributed by atoms with van der Waals surface area (Å²) in [5, 5.41) is 10.8. The zero-order chi connectivity index (χ0) is 23.5. The summed E-state index contributed by atoms with van der Waals surface area (Å²) in [4.78, 5) is 28.0. The number of Topliss-reactive ketones (excluding diaryl/α,β-unsaturated/α-hetero) is 1. The van der Waals surface area contributed by atoms with E-state index in [9.17, 15) is 14.7 Å². The standard InChI is InChI=1S/C26H25NO6/c1-4-16-8-11-18(12-9-16)27-23(17-10-13-19(31-3)21(15-17)32-5-2)22(25(29)26(27)30)24(28)20-7-6-14-33-20/h6-15,23,29H,4-5H2,1-3H3. The van der Waals surface area contributed by atoms with Gasteiger partial charge < -0.3 is 19.0 Å². The highest BCUT2D eigenvalue weighted by molar-refractivity contribution is 6.20. The van der Waals surface area contributed by atoms with Crippen molar-refractivity contribution in [3.05, 3.63) is 89.1 Å². The molecule has 33 heavy (non-hydrogen) atoms. The fourth-order valence-corrected chi connectivity index (χ4v) is 3.98. The molecule has 0 bridgehead atoms. The van der Waals surface area contributed by atoms with Crippen molar-refractivity contribution in [2.75, 3.05) is 18.6 Å². The summed E-state index contributed by atoms with van der Waals surface area (Å²) >= 11 is 0. The number of aryl methyl sites for hydroxylation is 1. The third-order valence-corrected chi connectivity index (χ3v) is 5.62. The minimum Gasteiger partial charge on any atom is -0.503 e. The van der Waals surface area contributed by atoms with E-state index in [0.717, 1.165) is 12.0 Å². The normalized spacial score (nSPS) is 15.8. The van der Waals surface area contributed by atoms with Crippen molar-refractivity contribution in [1.29, 1.82) is 0 Å². The molecule has 1 unspecified atom stereocenters. The maximum Gasteiger partial charge on any atom is 0.294 e. The molecule has 4 rings (SSSR count). The molecule has 0 fully saturated rings. The number of furan rings is 1. The minimum atomic E-state index is -0.882. The molecule has 7 heteroatoms. The van der Waals surface area contributed by atoms with E-state index in [-0.39, 0.29) is 11.3 Å². The molecule has 1 aliphatic rings. The van der Waals surface area contributed by atoms with Gasteiger partial charge in [0.1, 0.15) is 0 Å². The number of hydrogen-bond donors (Lipinski definition) is 1. The van der Waals surface area contributed by atoms with E-state index < -0.39 is 23.5 Å². The van der Waals surface area contributed by atoms with E-state index >= 15 is 0 Å². The summed E-state index contributed by atoms with van der Waals surface area (Å²) < 4.78 is 16.4. The molecule has 1 N–H and O–H groups in total. The smallest absolute Gasteiger partial charge is 0.294 e. The number of hydrogen-bond acceptors (Lipinski definition) is 6. The molecule has 170 valence electrons. The van der Waals surface area contributed by atoms with Crippen molar-refractivity contribution < 1.29 is 28.6 Å². The van der Waals surface area contributed by atoms with Crippen LogP contribution in [0.25, 0.3) is 0 Å². The van der Waals surface area contributed by atoms with E-state index in [4.69, 9.17) is 13.9 Å². The Kier molecular flexibility index (Phi) is 6.22. The number of benzene rings is 2. The summed E-state index contributed by atoms with van der Waals surface area (Å²) in [6.45, 7) is 4.30. The highest BCUT2D eigenvalue weighted by Gasteiger charge is 2.45. The molecule has 0 aliphatic carbocycles. The van der Waals surface area contributed by atoms with Gasteiger partial charge in [0, 0.05) is 5.69 Å². The second-order valence-corrected chi connectivity index (χ2v) is 7.51. The van der Waals surface area contributed by atoms with Gasteiger partial charge in [-0.3, -0.25) is 14.5 Å². The minimum absolute atomic E-state index is 0.0380. The Morgan fingerprint density at radius 3 is 2.45 bits per heavy atom. The van der Waals surface area contributed by atoms with Crippen LogP contribution in [0.15, 0.2) is 76.6 Å². The van der Waals surface area contributed by atoms with Crippen molar-refractivity contribution in [2.24, 2.45) is 0 Å². The van der Waals surface area contributed by atoms with Crippen LogP contribution in [0.4, 0.5) is 5.69 Å². The number of aliphatic hydroxyl groups excluding tert-OH is 1. The Balaban J connectivity index is 1.88. The Bertz CT molecular complexity index is 1190. The zero-order valence-corrected chi connectivity index (χ0v) is 18.7. The molecule has 0 radical (unpaired) electrons. The number of carbonyl (C=O) groups excluding carboxylic acids is 2. The van der Waals surface area contributed by atoms with E-state index in [2.05, 4.69) is 0 Å². The maximum absolute atomic E-state index is 13.3. The van der Waals surface area contributed by atoms with Crippen LogP contribution in [0.3, 0.4) is 0 Å². The summed E-state index contributed by atoms with van der Waals surface area (Å²) in [5.74, 6) is -0.783. The van der Waals surface area contributed by atoms with Gasteiger partial charge in [0.2, 0.25) is 5.78 Å². The molecule has 3 aromatic rings. The molecule has 7 nitrogen and oxygen atoms in total.